The molecule has 142 valence electrons. The Kier molecular flexibility index (Phi) is 6.33. The monoisotopic (exact) mass is 356 g/mol. The van der Waals surface area contributed by atoms with E-state index in [1.807, 2.05) is 4.90 Å². The summed E-state index contributed by atoms with van der Waals surface area (Å²) in [5.74, 6) is 0.621. The first-order chi connectivity index (χ1) is 12.5. The van der Waals surface area contributed by atoms with E-state index in [9.17, 15) is 9.59 Å². The van der Waals surface area contributed by atoms with Crippen LogP contribution in [0, 0.1) is 5.92 Å². The second-order valence-corrected chi connectivity index (χ2v) is 8.15. The summed E-state index contributed by atoms with van der Waals surface area (Å²) in [6.07, 6.45) is 7.38. The maximum atomic E-state index is 12.5. The maximum absolute atomic E-state index is 12.5. The van der Waals surface area contributed by atoms with Gasteiger partial charge in [0.2, 0.25) is 11.8 Å². The van der Waals surface area contributed by atoms with Crippen molar-refractivity contribution in [1.29, 1.82) is 0 Å². The van der Waals surface area contributed by atoms with Crippen molar-refractivity contribution in [2.24, 2.45) is 5.92 Å². The molecule has 0 saturated carbocycles. The van der Waals surface area contributed by atoms with Crippen LogP contribution in [0.15, 0.2) is 18.2 Å². The molecule has 1 atom stereocenters. The smallest absolute Gasteiger partial charge is 0.241 e. The van der Waals surface area contributed by atoms with E-state index in [-0.39, 0.29) is 24.3 Å². The van der Waals surface area contributed by atoms with Gasteiger partial charge >= 0.3 is 0 Å². The van der Waals surface area contributed by atoms with E-state index < -0.39 is 0 Å². The number of nitrogens with zero attached hydrogens (tertiary/aromatic N) is 1. The molecule has 1 aliphatic heterocycles. The molecule has 3 rings (SSSR count). The number of nitrogens with one attached hydrogen (secondary N) is 1. The Balaban J connectivity index is 1.55. The Morgan fingerprint density at radius 2 is 1.77 bits per heavy atom. The summed E-state index contributed by atoms with van der Waals surface area (Å²) in [6.45, 7) is 6.14. The zero-order valence-electron chi connectivity index (χ0n) is 16.2. The second-order valence-electron chi connectivity index (χ2n) is 8.15. The lowest BCUT2D eigenvalue weighted by molar-refractivity contribution is -0.133. The Labute approximate surface area is 157 Å². The summed E-state index contributed by atoms with van der Waals surface area (Å²) in [7, 11) is 0. The Morgan fingerprint density at radius 1 is 1.04 bits per heavy atom. The number of benzene rings is 1. The average molecular weight is 357 g/mol. The molecule has 1 aromatic rings. The molecule has 1 fully saturated rings. The van der Waals surface area contributed by atoms with Crippen molar-refractivity contribution in [3.05, 3.63) is 34.9 Å². The third-order valence-corrected chi connectivity index (χ3v) is 5.91. The zero-order chi connectivity index (χ0) is 18.5. The van der Waals surface area contributed by atoms with Gasteiger partial charge in [0.25, 0.3) is 0 Å². The summed E-state index contributed by atoms with van der Waals surface area (Å²) < 4.78 is 0. The number of amides is 2. The van der Waals surface area contributed by atoms with Crippen molar-refractivity contribution in [1.82, 2.24) is 10.2 Å². The minimum absolute atomic E-state index is 0.0189. The standard InChI is InChI=1S/C22H32N2O2/c1-16(2)20(19-10-9-17-7-6-8-18(17)13-19)14-21(25)23-15-22(26)24-11-4-3-5-12-24/h9-10,13,16,20H,3-8,11-12,14-15H2,1-2H3,(H,23,25). The Bertz CT molecular complexity index is 648. The van der Waals surface area contributed by atoms with Gasteiger partial charge in [-0.1, -0.05) is 32.0 Å². The van der Waals surface area contributed by atoms with Crippen LogP contribution in [-0.2, 0) is 22.4 Å². The van der Waals surface area contributed by atoms with Gasteiger partial charge in [0.1, 0.15) is 0 Å². The maximum Gasteiger partial charge on any atom is 0.241 e. The van der Waals surface area contributed by atoms with E-state index in [0.717, 1.165) is 32.4 Å². The lowest BCUT2D eigenvalue weighted by atomic mass is 9.84. The van der Waals surface area contributed by atoms with Gasteiger partial charge in [0.15, 0.2) is 0 Å². The minimum Gasteiger partial charge on any atom is -0.347 e. The molecule has 4 heteroatoms. The van der Waals surface area contributed by atoms with Crippen LogP contribution in [0.3, 0.4) is 0 Å². The molecular weight excluding hydrogens is 324 g/mol. The van der Waals surface area contributed by atoms with Crippen molar-refractivity contribution < 1.29 is 9.59 Å². The Morgan fingerprint density at radius 3 is 2.50 bits per heavy atom. The van der Waals surface area contributed by atoms with Gasteiger partial charge in [-0.3, -0.25) is 9.59 Å². The largest absolute Gasteiger partial charge is 0.347 e. The van der Waals surface area contributed by atoms with Crippen LogP contribution in [0.5, 0.6) is 0 Å². The van der Waals surface area contributed by atoms with Crippen molar-refractivity contribution in [3.8, 4) is 0 Å². The van der Waals surface area contributed by atoms with Gasteiger partial charge < -0.3 is 10.2 Å². The van der Waals surface area contributed by atoms with E-state index in [0.29, 0.717) is 12.3 Å². The first-order valence-corrected chi connectivity index (χ1v) is 10.2. The molecule has 0 bridgehead atoms. The second kappa shape index (κ2) is 8.70. The summed E-state index contributed by atoms with van der Waals surface area (Å²) in [4.78, 5) is 26.6. The third kappa shape index (κ3) is 4.66. The molecule has 1 saturated heterocycles. The fraction of sp³-hybridized carbons (Fsp3) is 0.636. The van der Waals surface area contributed by atoms with E-state index in [1.165, 1.54) is 36.0 Å². The molecule has 4 nitrogen and oxygen atoms in total. The van der Waals surface area contributed by atoms with Gasteiger partial charge in [-0.25, -0.2) is 0 Å². The van der Waals surface area contributed by atoms with Gasteiger partial charge in [-0.15, -0.1) is 0 Å². The summed E-state index contributed by atoms with van der Waals surface area (Å²) in [5, 5.41) is 2.86. The number of aryl methyl sites for hydroxylation is 2. The quantitative estimate of drug-likeness (QED) is 0.849. The van der Waals surface area contributed by atoms with Crippen LogP contribution in [0.25, 0.3) is 0 Å². The minimum atomic E-state index is -0.0189. The van der Waals surface area contributed by atoms with Gasteiger partial charge in [-0.05, 0) is 67.1 Å². The number of likely N-dealkylation sites (tertiary alicyclic amines) is 1. The van der Waals surface area contributed by atoms with Crippen LogP contribution in [-0.4, -0.2) is 36.3 Å². The highest BCUT2D eigenvalue weighted by molar-refractivity contribution is 5.85. The van der Waals surface area contributed by atoms with Crippen LogP contribution in [0.4, 0.5) is 0 Å². The topological polar surface area (TPSA) is 49.4 Å². The van der Waals surface area contributed by atoms with Crippen LogP contribution < -0.4 is 5.32 Å². The lowest BCUT2D eigenvalue weighted by Crippen LogP contribution is -2.42. The number of carbonyl (C=O) groups excluding carboxylic acids is 2. The predicted octanol–water partition coefficient (Wildman–Crippen LogP) is 3.43. The van der Waals surface area contributed by atoms with E-state index in [2.05, 4.69) is 37.4 Å². The number of hydrogen-bond acceptors (Lipinski definition) is 2. The number of rotatable bonds is 6. The van der Waals surface area contributed by atoms with Crippen LogP contribution in [0.1, 0.15) is 68.6 Å². The average Bonchev–Trinajstić information content (AvgIpc) is 3.12. The SMILES string of the molecule is CC(C)C(CC(=O)NCC(=O)N1CCCCC1)c1ccc2c(c1)CCC2. The number of hydrogen-bond donors (Lipinski definition) is 1. The molecule has 1 heterocycles. The van der Waals surface area contributed by atoms with Gasteiger partial charge in [0, 0.05) is 19.5 Å². The summed E-state index contributed by atoms with van der Waals surface area (Å²) in [6, 6.07) is 6.74. The normalized spacial score (nSPS) is 17.9. The van der Waals surface area contributed by atoms with Crippen molar-refractivity contribution >= 4 is 11.8 Å². The first kappa shape index (κ1) is 18.9. The Hall–Kier alpha value is -1.84. The molecule has 0 radical (unpaired) electrons. The van der Waals surface area contributed by atoms with Crippen molar-refractivity contribution in [3.63, 3.8) is 0 Å². The van der Waals surface area contributed by atoms with Gasteiger partial charge in [0.05, 0.1) is 6.54 Å². The number of piperidine rings is 1. The predicted molar refractivity (Wildman–Crippen MR) is 104 cm³/mol. The lowest BCUT2D eigenvalue weighted by Gasteiger charge is -2.27. The highest BCUT2D eigenvalue weighted by atomic mass is 16.2. The number of carbonyl (C=O) groups is 2. The summed E-state index contributed by atoms with van der Waals surface area (Å²) in [5.41, 5.74) is 4.18. The van der Waals surface area contributed by atoms with E-state index >= 15 is 0 Å². The molecule has 26 heavy (non-hydrogen) atoms. The molecule has 1 aliphatic carbocycles. The van der Waals surface area contributed by atoms with E-state index in [4.69, 9.17) is 0 Å². The highest BCUT2D eigenvalue weighted by Gasteiger charge is 2.23. The molecule has 2 amide bonds. The fourth-order valence-electron chi connectivity index (χ4n) is 4.26. The molecule has 1 aromatic carbocycles. The number of fused-ring (bicyclic) bond motifs is 1. The zero-order valence-corrected chi connectivity index (χ0v) is 16.2. The highest BCUT2D eigenvalue weighted by Crippen LogP contribution is 2.32. The third-order valence-electron chi connectivity index (χ3n) is 5.91. The van der Waals surface area contributed by atoms with Gasteiger partial charge in [-0.2, -0.15) is 0 Å². The van der Waals surface area contributed by atoms with Crippen molar-refractivity contribution in [2.45, 2.75) is 64.7 Å². The molecule has 0 aromatic heterocycles. The first-order valence-electron chi connectivity index (χ1n) is 10.2. The molecule has 0 spiro atoms. The van der Waals surface area contributed by atoms with Crippen LogP contribution >= 0.6 is 0 Å². The molecule has 1 N–H and O–H groups in total. The molecule has 2 aliphatic rings. The fourth-order valence-corrected chi connectivity index (χ4v) is 4.26. The van der Waals surface area contributed by atoms with E-state index in [1.54, 1.807) is 0 Å². The molecule has 1 unspecified atom stereocenters. The van der Waals surface area contributed by atoms with Crippen LogP contribution in [0.2, 0.25) is 0 Å². The molecular formula is C22H32N2O2. The summed E-state index contributed by atoms with van der Waals surface area (Å²) >= 11 is 0. The van der Waals surface area contributed by atoms with Crippen molar-refractivity contribution in [2.75, 3.05) is 19.6 Å².